The minimum Gasteiger partial charge on any atom is -0.325 e. The van der Waals surface area contributed by atoms with Crippen molar-refractivity contribution >= 4 is 31.9 Å². The molecule has 0 aromatic heterocycles. The Morgan fingerprint density at radius 1 is 0.900 bits per heavy atom. The van der Waals surface area contributed by atoms with Crippen LogP contribution in [0, 0.1) is 0 Å². The van der Waals surface area contributed by atoms with E-state index in [0.29, 0.717) is 9.65 Å². The van der Waals surface area contributed by atoms with Crippen LogP contribution in [0.15, 0.2) is 0 Å². The van der Waals surface area contributed by atoms with Crippen molar-refractivity contribution in [1.82, 2.24) is 0 Å². The first kappa shape index (κ1) is 8.97. The summed E-state index contributed by atoms with van der Waals surface area (Å²) in [6.07, 6.45) is 2.23. The van der Waals surface area contributed by atoms with Crippen molar-refractivity contribution in [3.05, 3.63) is 0 Å². The van der Waals surface area contributed by atoms with Gasteiger partial charge in [0.15, 0.2) is 0 Å². The fourth-order valence-electron chi connectivity index (χ4n) is 1.19. The normalized spacial score (nSPS) is 49.2. The van der Waals surface area contributed by atoms with Crippen LogP contribution in [0.1, 0.15) is 12.8 Å². The van der Waals surface area contributed by atoms with Gasteiger partial charge in [-0.15, -0.1) is 0 Å². The maximum atomic E-state index is 5.81. The van der Waals surface area contributed by atoms with E-state index in [0.717, 1.165) is 12.8 Å². The van der Waals surface area contributed by atoms with Gasteiger partial charge in [0.05, 0.1) is 0 Å². The smallest absolute Gasteiger partial charge is 0.0330 e. The van der Waals surface area contributed by atoms with Gasteiger partial charge >= 0.3 is 0 Å². The van der Waals surface area contributed by atoms with Crippen LogP contribution >= 0.6 is 31.9 Å². The molecule has 2 nitrogen and oxygen atoms in total. The Hall–Kier alpha value is 0.880. The van der Waals surface area contributed by atoms with Crippen molar-refractivity contribution in [3.63, 3.8) is 0 Å². The third kappa shape index (κ3) is 1.72. The molecule has 0 aliphatic heterocycles. The predicted molar refractivity (Wildman–Crippen MR) is 50.6 cm³/mol. The fraction of sp³-hybridized carbons (Fsp3) is 1.00. The number of hydrogen-bond donors (Lipinski definition) is 2. The molecular weight excluding hydrogens is 260 g/mol. The first-order chi connectivity index (χ1) is 4.63. The van der Waals surface area contributed by atoms with E-state index in [1.807, 2.05) is 0 Å². The highest BCUT2D eigenvalue weighted by atomic mass is 79.9. The van der Waals surface area contributed by atoms with Crippen molar-refractivity contribution in [3.8, 4) is 0 Å². The van der Waals surface area contributed by atoms with E-state index in [1.165, 1.54) is 0 Å². The number of nitrogens with two attached hydrogens (primary N) is 2. The van der Waals surface area contributed by atoms with Crippen LogP contribution in [-0.4, -0.2) is 21.7 Å². The lowest BCUT2D eigenvalue weighted by molar-refractivity contribution is 0.413. The monoisotopic (exact) mass is 270 g/mol. The molecule has 4 atom stereocenters. The molecule has 4 N–H and O–H groups in total. The zero-order valence-corrected chi connectivity index (χ0v) is 8.81. The lowest BCUT2D eigenvalue weighted by Crippen LogP contribution is -2.55. The van der Waals surface area contributed by atoms with Crippen molar-refractivity contribution < 1.29 is 0 Å². The van der Waals surface area contributed by atoms with Crippen LogP contribution < -0.4 is 11.5 Å². The molecule has 1 aliphatic rings. The van der Waals surface area contributed by atoms with Crippen LogP contribution in [0.5, 0.6) is 0 Å². The number of rotatable bonds is 0. The summed E-state index contributed by atoms with van der Waals surface area (Å²) in [5, 5.41) is 0. The van der Waals surface area contributed by atoms with Gasteiger partial charge in [-0.1, -0.05) is 31.9 Å². The summed E-state index contributed by atoms with van der Waals surface area (Å²) in [6, 6.07) is 0.191. The zero-order valence-electron chi connectivity index (χ0n) is 5.63. The second-order valence-electron chi connectivity index (χ2n) is 2.76. The molecule has 1 saturated carbocycles. The Balaban J connectivity index is 2.52. The predicted octanol–water partition coefficient (Wildman–Crippen LogP) is 0.962. The van der Waals surface area contributed by atoms with Crippen molar-refractivity contribution in [2.75, 3.05) is 0 Å². The molecule has 1 aliphatic carbocycles. The Bertz CT molecular complexity index is 106. The average Bonchev–Trinajstić information content (AvgIpc) is 1.93. The van der Waals surface area contributed by atoms with Gasteiger partial charge < -0.3 is 11.5 Å². The van der Waals surface area contributed by atoms with Crippen LogP contribution in [0.3, 0.4) is 0 Å². The minimum absolute atomic E-state index is 0.0955. The summed E-state index contributed by atoms with van der Waals surface area (Å²) in [6.45, 7) is 0. The average molecular weight is 272 g/mol. The molecule has 1 fully saturated rings. The first-order valence-corrected chi connectivity index (χ1v) is 5.25. The molecule has 0 radical (unpaired) electrons. The number of alkyl halides is 2. The highest BCUT2D eigenvalue weighted by Gasteiger charge is 2.31. The van der Waals surface area contributed by atoms with E-state index in [-0.39, 0.29) is 12.1 Å². The molecule has 0 aromatic carbocycles. The van der Waals surface area contributed by atoms with Gasteiger partial charge in [0.2, 0.25) is 0 Å². The molecule has 1 rings (SSSR count). The zero-order chi connectivity index (χ0) is 7.72. The first-order valence-electron chi connectivity index (χ1n) is 3.42. The van der Waals surface area contributed by atoms with Gasteiger partial charge in [0, 0.05) is 21.7 Å². The van der Waals surface area contributed by atoms with E-state index in [2.05, 4.69) is 31.9 Å². The number of halogens is 2. The van der Waals surface area contributed by atoms with Gasteiger partial charge in [-0.3, -0.25) is 0 Å². The molecule has 10 heavy (non-hydrogen) atoms. The fourth-order valence-corrected chi connectivity index (χ4v) is 2.42. The SMILES string of the molecule is NC1C(Br)CCC(Br)C1N. The molecular formula is C6H12Br2N2. The van der Waals surface area contributed by atoms with Crippen molar-refractivity contribution in [1.29, 1.82) is 0 Å². The third-order valence-corrected chi connectivity index (χ3v) is 4.13. The molecule has 0 aromatic rings. The molecule has 4 heteroatoms. The summed E-state index contributed by atoms with van der Waals surface area (Å²) >= 11 is 6.99. The topological polar surface area (TPSA) is 52.0 Å². The van der Waals surface area contributed by atoms with Gasteiger partial charge in [-0.25, -0.2) is 0 Å². The van der Waals surface area contributed by atoms with E-state index < -0.39 is 0 Å². The molecule has 60 valence electrons. The molecule has 0 saturated heterocycles. The Morgan fingerprint density at radius 3 is 1.50 bits per heavy atom. The largest absolute Gasteiger partial charge is 0.325 e. The summed E-state index contributed by atoms with van der Waals surface area (Å²) in [4.78, 5) is 0.799. The summed E-state index contributed by atoms with van der Waals surface area (Å²) < 4.78 is 0. The summed E-state index contributed by atoms with van der Waals surface area (Å²) in [5.74, 6) is 0. The van der Waals surface area contributed by atoms with E-state index >= 15 is 0 Å². The molecule has 4 unspecified atom stereocenters. The van der Waals surface area contributed by atoms with Crippen molar-refractivity contribution in [2.24, 2.45) is 11.5 Å². The second kappa shape index (κ2) is 3.52. The molecule has 0 amide bonds. The third-order valence-electron chi connectivity index (χ3n) is 2.00. The maximum absolute atomic E-state index is 5.81. The molecule has 0 heterocycles. The van der Waals surface area contributed by atoms with E-state index in [4.69, 9.17) is 11.5 Å². The second-order valence-corrected chi connectivity index (χ2v) is 5.12. The minimum atomic E-state index is 0.0955. The quantitative estimate of drug-likeness (QED) is 0.645. The van der Waals surface area contributed by atoms with Crippen LogP contribution in [0.25, 0.3) is 0 Å². The Morgan fingerprint density at radius 2 is 1.20 bits per heavy atom. The number of hydrogen-bond acceptors (Lipinski definition) is 2. The standard InChI is InChI=1S/C6H12Br2N2/c7-3-1-2-4(8)6(10)5(3)9/h3-6H,1-2,9-10H2. The summed E-state index contributed by atoms with van der Waals surface area (Å²) in [7, 11) is 0. The lowest BCUT2D eigenvalue weighted by atomic mass is 9.91. The lowest BCUT2D eigenvalue weighted by Gasteiger charge is -2.33. The van der Waals surface area contributed by atoms with Crippen LogP contribution in [-0.2, 0) is 0 Å². The summed E-state index contributed by atoms with van der Waals surface area (Å²) in [5.41, 5.74) is 11.6. The molecule has 0 bridgehead atoms. The van der Waals surface area contributed by atoms with Crippen LogP contribution in [0.4, 0.5) is 0 Å². The van der Waals surface area contributed by atoms with Gasteiger partial charge in [-0.2, -0.15) is 0 Å². The highest BCUT2D eigenvalue weighted by molar-refractivity contribution is 9.10. The Kier molecular flexibility index (Phi) is 3.16. The van der Waals surface area contributed by atoms with E-state index in [9.17, 15) is 0 Å². The van der Waals surface area contributed by atoms with Gasteiger partial charge in [0.1, 0.15) is 0 Å². The van der Waals surface area contributed by atoms with Crippen LogP contribution in [0.2, 0.25) is 0 Å². The van der Waals surface area contributed by atoms with Crippen molar-refractivity contribution in [2.45, 2.75) is 34.6 Å². The maximum Gasteiger partial charge on any atom is 0.0330 e. The van der Waals surface area contributed by atoms with E-state index in [1.54, 1.807) is 0 Å². The van der Waals surface area contributed by atoms with Gasteiger partial charge in [0.25, 0.3) is 0 Å². The highest BCUT2D eigenvalue weighted by Crippen LogP contribution is 2.27. The van der Waals surface area contributed by atoms with Gasteiger partial charge in [-0.05, 0) is 12.8 Å². The molecule has 0 spiro atoms. The Labute approximate surface area is 78.0 Å².